The zero-order chi connectivity index (χ0) is 21.1. The quantitative estimate of drug-likeness (QED) is 0.761. The van der Waals surface area contributed by atoms with Crippen molar-refractivity contribution in [2.24, 2.45) is 5.92 Å². The summed E-state index contributed by atoms with van der Waals surface area (Å²) < 4.78 is 5.20. The van der Waals surface area contributed by atoms with E-state index in [-0.39, 0.29) is 11.8 Å². The van der Waals surface area contributed by atoms with E-state index in [2.05, 4.69) is 10.6 Å². The molecule has 0 aliphatic carbocycles. The van der Waals surface area contributed by atoms with Crippen LogP contribution in [0.15, 0.2) is 36.4 Å². The van der Waals surface area contributed by atoms with Gasteiger partial charge in [0.1, 0.15) is 11.7 Å². The number of carbonyl (C=O) groups is 3. The van der Waals surface area contributed by atoms with E-state index in [9.17, 15) is 14.4 Å². The maximum Gasteiger partial charge on any atom is 0.239 e. The van der Waals surface area contributed by atoms with E-state index in [0.29, 0.717) is 30.1 Å². The van der Waals surface area contributed by atoms with Crippen LogP contribution >= 0.6 is 0 Å². The molecule has 2 aromatic carbocycles. The summed E-state index contributed by atoms with van der Waals surface area (Å²) in [5, 5.41) is 5.45. The van der Waals surface area contributed by atoms with Crippen LogP contribution in [0, 0.1) is 19.8 Å². The Labute approximate surface area is 170 Å². The van der Waals surface area contributed by atoms with Crippen LogP contribution in [0.25, 0.3) is 0 Å². The summed E-state index contributed by atoms with van der Waals surface area (Å²) in [6.45, 7) is 5.88. The molecule has 3 rings (SSSR count). The molecule has 7 heteroatoms. The Hall–Kier alpha value is -3.35. The Morgan fingerprint density at radius 1 is 1.03 bits per heavy atom. The van der Waals surface area contributed by atoms with Gasteiger partial charge in [-0.15, -0.1) is 0 Å². The summed E-state index contributed by atoms with van der Waals surface area (Å²) in [6.07, 6.45) is 0.428. The normalized spacial score (nSPS) is 15.9. The molecule has 0 aromatic heterocycles. The minimum Gasteiger partial charge on any atom is -0.497 e. The molecule has 1 atom stereocenters. The van der Waals surface area contributed by atoms with Crippen LogP contribution in [0.4, 0.5) is 17.1 Å². The third-order valence-electron chi connectivity index (χ3n) is 5.12. The first kappa shape index (κ1) is 20.4. The number of hydrogen-bond acceptors (Lipinski definition) is 4. The van der Waals surface area contributed by atoms with Crippen molar-refractivity contribution < 1.29 is 19.1 Å². The number of ether oxygens (including phenoxy) is 1. The highest BCUT2D eigenvalue weighted by Crippen LogP contribution is 2.31. The van der Waals surface area contributed by atoms with Crippen molar-refractivity contribution in [3.63, 3.8) is 0 Å². The van der Waals surface area contributed by atoms with Crippen LogP contribution in [0.2, 0.25) is 0 Å². The summed E-state index contributed by atoms with van der Waals surface area (Å²) in [7, 11) is 1.51. The fourth-order valence-electron chi connectivity index (χ4n) is 3.35. The number of hydrogen-bond donors (Lipinski definition) is 2. The Kier molecular flexibility index (Phi) is 5.87. The molecule has 3 amide bonds. The molecular formula is C22H25N3O4. The zero-order valence-corrected chi connectivity index (χ0v) is 17.0. The number of aryl methyl sites for hydroxylation is 2. The minimum atomic E-state index is -0.784. The zero-order valence-electron chi connectivity index (χ0n) is 17.0. The Balaban J connectivity index is 1.78. The van der Waals surface area contributed by atoms with Crippen LogP contribution in [-0.2, 0) is 14.4 Å². The van der Waals surface area contributed by atoms with Gasteiger partial charge in [-0.25, -0.2) is 0 Å². The first-order valence-electron chi connectivity index (χ1n) is 9.45. The molecule has 152 valence electrons. The fraction of sp³-hybridized carbons (Fsp3) is 0.318. The van der Waals surface area contributed by atoms with E-state index in [1.807, 2.05) is 32.0 Å². The number of amides is 3. The van der Waals surface area contributed by atoms with E-state index in [0.717, 1.165) is 16.8 Å². The highest BCUT2D eigenvalue weighted by Gasteiger charge is 2.38. The van der Waals surface area contributed by atoms with E-state index in [1.165, 1.54) is 14.0 Å². The van der Waals surface area contributed by atoms with Crippen molar-refractivity contribution in [2.45, 2.75) is 27.2 Å². The lowest BCUT2D eigenvalue weighted by molar-refractivity contribution is -0.129. The first-order valence-corrected chi connectivity index (χ1v) is 9.45. The monoisotopic (exact) mass is 395 g/mol. The molecule has 1 aliphatic heterocycles. The Morgan fingerprint density at radius 3 is 2.45 bits per heavy atom. The van der Waals surface area contributed by atoms with Gasteiger partial charge in [-0.1, -0.05) is 6.07 Å². The molecule has 0 spiro atoms. The molecule has 1 fully saturated rings. The number of nitrogens with zero attached hydrogens (tertiary/aromatic N) is 1. The van der Waals surface area contributed by atoms with Gasteiger partial charge in [0.25, 0.3) is 0 Å². The molecule has 1 aliphatic rings. The maximum atomic E-state index is 12.9. The first-order chi connectivity index (χ1) is 13.8. The average molecular weight is 395 g/mol. The molecular weight excluding hydrogens is 370 g/mol. The second kappa shape index (κ2) is 8.34. The number of benzene rings is 2. The third-order valence-corrected chi connectivity index (χ3v) is 5.12. The molecule has 1 heterocycles. The number of rotatable bonds is 5. The van der Waals surface area contributed by atoms with Gasteiger partial charge in [0, 0.05) is 25.2 Å². The lowest BCUT2D eigenvalue weighted by Crippen LogP contribution is -2.33. The number of anilines is 3. The van der Waals surface area contributed by atoms with Gasteiger partial charge in [0.05, 0.1) is 18.5 Å². The van der Waals surface area contributed by atoms with E-state index in [1.54, 1.807) is 23.1 Å². The summed E-state index contributed by atoms with van der Waals surface area (Å²) >= 11 is 0. The van der Waals surface area contributed by atoms with Gasteiger partial charge in [0.2, 0.25) is 17.7 Å². The molecule has 0 bridgehead atoms. The van der Waals surface area contributed by atoms with Crippen molar-refractivity contribution in [2.75, 3.05) is 29.2 Å². The number of methoxy groups -OCH3 is 1. The topological polar surface area (TPSA) is 87.7 Å². The average Bonchev–Trinajstić information content (AvgIpc) is 3.06. The SMILES string of the molecule is COc1ccc(NC(C)=O)c(NC(=O)C2CCN(c3ccc(C)c(C)c3)C2=O)c1. The van der Waals surface area contributed by atoms with Crippen molar-refractivity contribution in [1.82, 2.24) is 0 Å². The van der Waals surface area contributed by atoms with Gasteiger partial charge in [-0.3, -0.25) is 14.4 Å². The maximum absolute atomic E-state index is 12.9. The standard InChI is InChI=1S/C22H25N3O4/c1-13-5-6-16(11-14(13)2)25-10-9-18(22(25)28)21(27)24-20-12-17(29-4)7-8-19(20)23-15(3)26/h5-8,11-12,18H,9-10H2,1-4H3,(H,23,26)(H,24,27). The summed E-state index contributed by atoms with van der Waals surface area (Å²) in [5.74, 6) is -1.14. The minimum absolute atomic E-state index is 0.227. The smallest absolute Gasteiger partial charge is 0.239 e. The fourth-order valence-corrected chi connectivity index (χ4v) is 3.35. The van der Waals surface area contributed by atoms with Crippen LogP contribution in [0.1, 0.15) is 24.5 Å². The van der Waals surface area contributed by atoms with Gasteiger partial charge in [-0.05, 0) is 55.7 Å². The Bertz CT molecular complexity index is 971. The van der Waals surface area contributed by atoms with Crippen molar-refractivity contribution in [3.8, 4) is 5.75 Å². The van der Waals surface area contributed by atoms with Gasteiger partial charge >= 0.3 is 0 Å². The van der Waals surface area contributed by atoms with Crippen LogP contribution in [0.5, 0.6) is 5.75 Å². The van der Waals surface area contributed by atoms with E-state index < -0.39 is 11.8 Å². The molecule has 29 heavy (non-hydrogen) atoms. The van der Waals surface area contributed by atoms with Crippen molar-refractivity contribution in [3.05, 3.63) is 47.5 Å². The molecule has 7 nitrogen and oxygen atoms in total. The predicted octanol–water partition coefficient (Wildman–Crippen LogP) is 3.26. The predicted molar refractivity (Wildman–Crippen MR) is 112 cm³/mol. The number of carbonyl (C=O) groups excluding carboxylic acids is 3. The highest BCUT2D eigenvalue weighted by atomic mass is 16.5. The van der Waals surface area contributed by atoms with E-state index in [4.69, 9.17) is 4.74 Å². The van der Waals surface area contributed by atoms with Gasteiger partial charge in [-0.2, -0.15) is 0 Å². The van der Waals surface area contributed by atoms with Gasteiger partial charge in [0.15, 0.2) is 0 Å². The third kappa shape index (κ3) is 4.39. The van der Waals surface area contributed by atoms with Crippen molar-refractivity contribution in [1.29, 1.82) is 0 Å². The molecule has 1 unspecified atom stereocenters. The summed E-state index contributed by atoms with van der Waals surface area (Å²) in [6, 6.07) is 10.8. The summed E-state index contributed by atoms with van der Waals surface area (Å²) in [4.78, 5) is 38.8. The largest absolute Gasteiger partial charge is 0.497 e. The lowest BCUT2D eigenvalue weighted by atomic mass is 10.1. The van der Waals surface area contributed by atoms with Crippen LogP contribution < -0.4 is 20.3 Å². The number of nitrogens with one attached hydrogen (secondary N) is 2. The molecule has 0 saturated carbocycles. The molecule has 1 saturated heterocycles. The second-order valence-electron chi connectivity index (χ2n) is 7.18. The lowest BCUT2D eigenvalue weighted by Gasteiger charge is -2.18. The van der Waals surface area contributed by atoms with Crippen molar-refractivity contribution >= 4 is 34.8 Å². The van der Waals surface area contributed by atoms with E-state index >= 15 is 0 Å². The highest BCUT2D eigenvalue weighted by molar-refractivity contribution is 6.14. The molecule has 2 aromatic rings. The van der Waals surface area contributed by atoms with Gasteiger partial charge < -0.3 is 20.3 Å². The second-order valence-corrected chi connectivity index (χ2v) is 7.18. The van der Waals surface area contributed by atoms with Crippen LogP contribution in [-0.4, -0.2) is 31.4 Å². The van der Waals surface area contributed by atoms with Crippen LogP contribution in [0.3, 0.4) is 0 Å². The molecule has 2 N–H and O–H groups in total. The Morgan fingerprint density at radius 2 is 1.79 bits per heavy atom. The molecule has 0 radical (unpaired) electrons. The summed E-state index contributed by atoms with van der Waals surface area (Å²) in [5.41, 5.74) is 3.89.